The van der Waals surface area contributed by atoms with Crippen molar-refractivity contribution in [2.24, 2.45) is 4.99 Å². The van der Waals surface area contributed by atoms with Crippen molar-refractivity contribution >= 4 is 16.0 Å². The van der Waals surface area contributed by atoms with E-state index in [9.17, 15) is 8.42 Å². The zero-order valence-electron chi connectivity index (χ0n) is 17.8. The minimum atomic E-state index is -3.17. The first kappa shape index (κ1) is 22.3. The molecule has 7 heteroatoms. The number of guanidine groups is 1. The summed E-state index contributed by atoms with van der Waals surface area (Å²) in [4.78, 5) is 4.34. The lowest BCUT2D eigenvalue weighted by atomic mass is 9.92. The Bertz CT molecular complexity index is 917. The molecule has 2 aromatic rings. The number of hydrogen-bond acceptors (Lipinski definition) is 3. The first-order chi connectivity index (χ1) is 14.5. The Labute approximate surface area is 180 Å². The third-order valence-electron chi connectivity index (χ3n) is 5.59. The molecule has 1 aliphatic heterocycles. The molecule has 1 aliphatic rings. The predicted molar refractivity (Wildman–Crippen MR) is 123 cm³/mol. The number of nitrogens with zero attached hydrogens (tertiary/aromatic N) is 2. The Morgan fingerprint density at radius 3 is 2.40 bits per heavy atom. The maximum atomic E-state index is 12.0. The van der Waals surface area contributed by atoms with Gasteiger partial charge >= 0.3 is 0 Å². The van der Waals surface area contributed by atoms with E-state index in [1.165, 1.54) is 17.4 Å². The van der Waals surface area contributed by atoms with Crippen LogP contribution >= 0.6 is 0 Å². The smallest absolute Gasteiger partial charge is 0.211 e. The van der Waals surface area contributed by atoms with Gasteiger partial charge in [-0.2, -0.15) is 4.31 Å². The third kappa shape index (κ3) is 6.31. The van der Waals surface area contributed by atoms with Crippen molar-refractivity contribution in [3.63, 3.8) is 0 Å². The second-order valence-electron chi connectivity index (χ2n) is 7.80. The fourth-order valence-corrected chi connectivity index (χ4v) is 5.22. The molecular formula is C23H32N4O2S. The molecule has 2 aromatic carbocycles. The summed E-state index contributed by atoms with van der Waals surface area (Å²) in [6.07, 6.45) is 3.99. The largest absolute Gasteiger partial charge is 0.356 e. The van der Waals surface area contributed by atoms with Crippen LogP contribution in [0.2, 0.25) is 0 Å². The topological polar surface area (TPSA) is 73.8 Å². The van der Waals surface area contributed by atoms with Crippen molar-refractivity contribution in [3.05, 3.63) is 71.8 Å². The van der Waals surface area contributed by atoms with Crippen LogP contribution in [0, 0.1) is 0 Å². The molecule has 0 saturated carbocycles. The molecule has 0 spiro atoms. The van der Waals surface area contributed by atoms with Gasteiger partial charge in [0.15, 0.2) is 5.96 Å². The fourth-order valence-electron chi connectivity index (χ4n) is 4.04. The van der Waals surface area contributed by atoms with Gasteiger partial charge in [0.2, 0.25) is 10.0 Å². The average Bonchev–Trinajstić information content (AvgIpc) is 3.24. The molecule has 162 valence electrons. The lowest BCUT2D eigenvalue weighted by Crippen LogP contribution is -2.47. The molecule has 0 bridgehead atoms. The van der Waals surface area contributed by atoms with E-state index < -0.39 is 10.0 Å². The van der Waals surface area contributed by atoms with Gasteiger partial charge in [0, 0.05) is 38.6 Å². The standard InChI is InChI=1S/C23H32N4O2S/c1-24-23(26-18-22-14-9-15-27(22)30(2,28)29)25-17-21(20-12-7-4-8-13-20)16-19-10-5-3-6-11-19/h3-8,10-13,21-22H,9,14-18H2,1-2H3,(H2,24,25,26)/t21?,22-/m1/s1. The molecule has 0 aromatic heterocycles. The van der Waals surface area contributed by atoms with Gasteiger partial charge < -0.3 is 10.6 Å². The predicted octanol–water partition coefficient (Wildman–Crippen LogP) is 2.60. The number of nitrogens with one attached hydrogen (secondary N) is 2. The fraction of sp³-hybridized carbons (Fsp3) is 0.435. The van der Waals surface area contributed by atoms with E-state index in [4.69, 9.17) is 0 Å². The molecule has 2 N–H and O–H groups in total. The highest BCUT2D eigenvalue weighted by molar-refractivity contribution is 7.88. The molecular weight excluding hydrogens is 396 g/mol. The van der Waals surface area contributed by atoms with E-state index in [1.807, 2.05) is 12.1 Å². The monoisotopic (exact) mass is 428 g/mol. The lowest BCUT2D eigenvalue weighted by molar-refractivity contribution is 0.387. The number of sulfonamides is 1. The third-order valence-corrected chi connectivity index (χ3v) is 6.92. The maximum Gasteiger partial charge on any atom is 0.211 e. The highest BCUT2D eigenvalue weighted by Crippen LogP contribution is 2.21. The van der Waals surface area contributed by atoms with Crippen LogP contribution < -0.4 is 10.6 Å². The maximum absolute atomic E-state index is 12.0. The summed E-state index contributed by atoms with van der Waals surface area (Å²) >= 11 is 0. The Kier molecular flexibility index (Phi) is 7.87. The summed E-state index contributed by atoms with van der Waals surface area (Å²) in [7, 11) is -1.43. The first-order valence-corrected chi connectivity index (χ1v) is 12.3. The Hall–Kier alpha value is -2.38. The molecule has 1 saturated heterocycles. The van der Waals surface area contributed by atoms with Crippen LogP contribution in [0.4, 0.5) is 0 Å². The van der Waals surface area contributed by atoms with Crippen LogP contribution in [0.3, 0.4) is 0 Å². The number of rotatable bonds is 8. The van der Waals surface area contributed by atoms with Crippen molar-refractivity contribution in [1.29, 1.82) is 0 Å². The molecule has 3 rings (SSSR count). The van der Waals surface area contributed by atoms with Crippen molar-refractivity contribution in [2.75, 3.05) is 32.9 Å². The normalized spacial score (nSPS) is 18.9. The van der Waals surface area contributed by atoms with Crippen LogP contribution in [0.25, 0.3) is 0 Å². The summed E-state index contributed by atoms with van der Waals surface area (Å²) in [5.74, 6) is 0.996. The average molecular weight is 429 g/mol. The Morgan fingerprint density at radius 2 is 1.77 bits per heavy atom. The van der Waals surface area contributed by atoms with Crippen LogP contribution in [-0.2, 0) is 16.4 Å². The molecule has 0 amide bonds. The van der Waals surface area contributed by atoms with Gasteiger partial charge in [-0.1, -0.05) is 60.7 Å². The van der Waals surface area contributed by atoms with Crippen LogP contribution in [0.1, 0.15) is 29.9 Å². The van der Waals surface area contributed by atoms with Gasteiger partial charge in [-0.25, -0.2) is 8.42 Å². The van der Waals surface area contributed by atoms with E-state index >= 15 is 0 Å². The SMILES string of the molecule is CN=C(NCC(Cc1ccccc1)c1ccccc1)NC[C@H]1CCCN1S(C)(=O)=O. The summed E-state index contributed by atoms with van der Waals surface area (Å²) in [6.45, 7) is 1.89. The Morgan fingerprint density at radius 1 is 1.10 bits per heavy atom. The highest BCUT2D eigenvalue weighted by Gasteiger charge is 2.31. The number of hydrogen-bond donors (Lipinski definition) is 2. The minimum Gasteiger partial charge on any atom is -0.356 e. The minimum absolute atomic E-state index is 0.0206. The molecule has 2 atom stereocenters. The van der Waals surface area contributed by atoms with Gasteiger partial charge in [0.05, 0.1) is 6.26 Å². The molecule has 1 unspecified atom stereocenters. The van der Waals surface area contributed by atoms with E-state index in [2.05, 4.69) is 64.2 Å². The highest BCUT2D eigenvalue weighted by atomic mass is 32.2. The zero-order chi connectivity index (χ0) is 21.4. The van der Waals surface area contributed by atoms with E-state index in [0.29, 0.717) is 25.0 Å². The molecule has 1 heterocycles. The van der Waals surface area contributed by atoms with Crippen molar-refractivity contribution < 1.29 is 8.42 Å². The van der Waals surface area contributed by atoms with Crippen molar-refractivity contribution in [1.82, 2.24) is 14.9 Å². The van der Waals surface area contributed by atoms with E-state index in [-0.39, 0.29) is 6.04 Å². The van der Waals surface area contributed by atoms with Crippen molar-refractivity contribution in [2.45, 2.75) is 31.2 Å². The number of benzene rings is 2. The molecule has 0 radical (unpaired) electrons. The molecule has 0 aliphatic carbocycles. The van der Waals surface area contributed by atoms with Gasteiger partial charge in [-0.3, -0.25) is 4.99 Å². The molecule has 6 nitrogen and oxygen atoms in total. The summed E-state index contributed by atoms with van der Waals surface area (Å²) < 4.78 is 25.5. The second kappa shape index (κ2) is 10.6. The second-order valence-corrected chi connectivity index (χ2v) is 9.74. The van der Waals surface area contributed by atoms with Crippen LogP contribution in [-0.4, -0.2) is 57.7 Å². The van der Waals surface area contributed by atoms with Gasteiger partial charge in [0.1, 0.15) is 0 Å². The zero-order valence-corrected chi connectivity index (χ0v) is 18.6. The summed E-state index contributed by atoms with van der Waals surface area (Å²) in [5, 5.41) is 6.75. The van der Waals surface area contributed by atoms with E-state index in [1.54, 1.807) is 11.4 Å². The quantitative estimate of drug-likeness (QED) is 0.501. The van der Waals surface area contributed by atoms with Crippen LogP contribution in [0.15, 0.2) is 65.7 Å². The Balaban J connectivity index is 1.60. The van der Waals surface area contributed by atoms with Gasteiger partial charge in [0.25, 0.3) is 0 Å². The molecule has 30 heavy (non-hydrogen) atoms. The lowest BCUT2D eigenvalue weighted by Gasteiger charge is -2.24. The first-order valence-electron chi connectivity index (χ1n) is 10.5. The van der Waals surface area contributed by atoms with Gasteiger partial charge in [-0.15, -0.1) is 0 Å². The summed E-state index contributed by atoms with van der Waals surface area (Å²) in [5.41, 5.74) is 2.58. The summed E-state index contributed by atoms with van der Waals surface area (Å²) in [6, 6.07) is 21.0. The van der Waals surface area contributed by atoms with Gasteiger partial charge in [-0.05, 0) is 30.4 Å². The van der Waals surface area contributed by atoms with E-state index in [0.717, 1.165) is 25.8 Å². The molecule has 1 fully saturated rings. The van der Waals surface area contributed by atoms with Crippen molar-refractivity contribution in [3.8, 4) is 0 Å². The van der Waals surface area contributed by atoms with Crippen LogP contribution in [0.5, 0.6) is 0 Å². The number of aliphatic imine (C=N–C) groups is 1.